The Labute approximate surface area is 80.9 Å². The van der Waals surface area contributed by atoms with Gasteiger partial charge in [0.15, 0.2) is 0 Å². The van der Waals surface area contributed by atoms with Crippen molar-refractivity contribution in [2.45, 2.75) is 31.7 Å². The van der Waals surface area contributed by atoms with E-state index in [1.54, 1.807) is 0 Å². The molecular formula is C9H19ClN2. The van der Waals surface area contributed by atoms with Crippen LogP contribution < -0.4 is 5.73 Å². The molecule has 0 radical (unpaired) electrons. The highest BCUT2D eigenvalue weighted by atomic mass is 35.5. The third kappa shape index (κ3) is 2.92. The fraction of sp³-hybridized carbons (Fsp3) is 1.00. The number of piperidine rings is 1. The maximum absolute atomic E-state index is 5.88. The van der Waals surface area contributed by atoms with Gasteiger partial charge in [-0.1, -0.05) is 0 Å². The minimum Gasteiger partial charge on any atom is -0.327 e. The van der Waals surface area contributed by atoms with Gasteiger partial charge in [0.25, 0.3) is 0 Å². The molecule has 2 rings (SSSR count). The van der Waals surface area contributed by atoms with Gasteiger partial charge in [-0.3, -0.25) is 0 Å². The second-order valence-corrected chi connectivity index (χ2v) is 4.11. The number of likely N-dealkylation sites (tertiary alicyclic amines) is 1. The van der Waals surface area contributed by atoms with Crippen molar-refractivity contribution in [2.75, 3.05) is 19.6 Å². The highest BCUT2D eigenvalue weighted by Gasteiger charge is 2.26. The number of halogens is 1. The summed E-state index contributed by atoms with van der Waals surface area (Å²) in [5, 5.41) is 0. The normalized spacial score (nSPS) is 31.2. The SMILES string of the molecule is Cl.N[C@@H]1CCCN(CC2CC2)C1. The predicted molar refractivity (Wildman–Crippen MR) is 53.6 cm³/mol. The van der Waals surface area contributed by atoms with Crippen LogP contribution in [0.25, 0.3) is 0 Å². The van der Waals surface area contributed by atoms with Crippen LogP contribution in [0.1, 0.15) is 25.7 Å². The Hall–Kier alpha value is 0.210. The molecule has 0 aromatic rings. The van der Waals surface area contributed by atoms with Crippen LogP contribution in [0.3, 0.4) is 0 Å². The summed E-state index contributed by atoms with van der Waals surface area (Å²) in [7, 11) is 0. The number of nitrogens with zero attached hydrogens (tertiary/aromatic N) is 1. The number of rotatable bonds is 2. The Balaban J connectivity index is 0.000000720. The van der Waals surface area contributed by atoms with Gasteiger partial charge in [-0.25, -0.2) is 0 Å². The maximum atomic E-state index is 5.88. The Morgan fingerprint density at radius 1 is 1.25 bits per heavy atom. The van der Waals surface area contributed by atoms with E-state index in [9.17, 15) is 0 Å². The van der Waals surface area contributed by atoms with Crippen molar-refractivity contribution < 1.29 is 0 Å². The molecular weight excluding hydrogens is 172 g/mol. The van der Waals surface area contributed by atoms with E-state index in [4.69, 9.17) is 5.73 Å². The molecule has 0 spiro atoms. The summed E-state index contributed by atoms with van der Waals surface area (Å²) in [4.78, 5) is 2.55. The second kappa shape index (κ2) is 4.45. The average molecular weight is 191 g/mol. The zero-order chi connectivity index (χ0) is 7.68. The molecule has 12 heavy (non-hydrogen) atoms. The summed E-state index contributed by atoms with van der Waals surface area (Å²) >= 11 is 0. The van der Waals surface area contributed by atoms with Crippen LogP contribution in [-0.2, 0) is 0 Å². The second-order valence-electron chi connectivity index (χ2n) is 4.11. The van der Waals surface area contributed by atoms with Gasteiger partial charge >= 0.3 is 0 Å². The van der Waals surface area contributed by atoms with E-state index in [-0.39, 0.29) is 12.4 Å². The zero-order valence-corrected chi connectivity index (χ0v) is 8.35. The highest BCUT2D eigenvalue weighted by Crippen LogP contribution is 2.30. The van der Waals surface area contributed by atoms with Crippen molar-refractivity contribution in [1.29, 1.82) is 0 Å². The summed E-state index contributed by atoms with van der Waals surface area (Å²) < 4.78 is 0. The molecule has 1 heterocycles. The van der Waals surface area contributed by atoms with Crippen molar-refractivity contribution >= 4 is 12.4 Å². The quantitative estimate of drug-likeness (QED) is 0.710. The van der Waals surface area contributed by atoms with Gasteiger partial charge in [0, 0.05) is 19.1 Å². The lowest BCUT2D eigenvalue weighted by Gasteiger charge is -2.30. The first-order valence-corrected chi connectivity index (χ1v) is 4.82. The van der Waals surface area contributed by atoms with E-state index in [1.165, 1.54) is 38.8 Å². The Kier molecular flexibility index (Phi) is 3.81. The van der Waals surface area contributed by atoms with E-state index < -0.39 is 0 Å². The minimum absolute atomic E-state index is 0. The molecule has 72 valence electrons. The van der Waals surface area contributed by atoms with Gasteiger partial charge in [0.2, 0.25) is 0 Å². The van der Waals surface area contributed by atoms with E-state index >= 15 is 0 Å². The summed E-state index contributed by atoms with van der Waals surface area (Å²) in [5.41, 5.74) is 5.88. The summed E-state index contributed by atoms with van der Waals surface area (Å²) in [6.45, 7) is 3.77. The summed E-state index contributed by atoms with van der Waals surface area (Å²) in [5.74, 6) is 1.03. The Morgan fingerprint density at radius 2 is 2.00 bits per heavy atom. The van der Waals surface area contributed by atoms with Gasteiger partial charge in [-0.05, 0) is 38.1 Å². The molecule has 1 aliphatic carbocycles. The monoisotopic (exact) mass is 190 g/mol. The highest BCUT2D eigenvalue weighted by molar-refractivity contribution is 5.85. The van der Waals surface area contributed by atoms with Crippen molar-refractivity contribution in [2.24, 2.45) is 11.7 Å². The molecule has 1 aliphatic heterocycles. The Morgan fingerprint density at radius 3 is 2.58 bits per heavy atom. The first kappa shape index (κ1) is 10.3. The first-order valence-electron chi connectivity index (χ1n) is 4.82. The van der Waals surface area contributed by atoms with Crippen LogP contribution in [0.15, 0.2) is 0 Å². The molecule has 0 unspecified atom stereocenters. The van der Waals surface area contributed by atoms with Gasteiger partial charge in [0.1, 0.15) is 0 Å². The lowest BCUT2D eigenvalue weighted by atomic mass is 10.1. The van der Waals surface area contributed by atoms with Crippen LogP contribution in [0, 0.1) is 5.92 Å². The first-order chi connectivity index (χ1) is 5.34. The van der Waals surface area contributed by atoms with E-state index in [2.05, 4.69) is 4.90 Å². The van der Waals surface area contributed by atoms with Gasteiger partial charge in [-0.2, -0.15) is 0 Å². The van der Waals surface area contributed by atoms with Crippen molar-refractivity contribution in [3.8, 4) is 0 Å². The summed E-state index contributed by atoms with van der Waals surface area (Å²) in [6.07, 6.45) is 5.48. The molecule has 2 aliphatic rings. The van der Waals surface area contributed by atoms with Gasteiger partial charge in [0.05, 0.1) is 0 Å². The van der Waals surface area contributed by atoms with E-state index in [0.29, 0.717) is 6.04 Å². The molecule has 0 bridgehead atoms. The maximum Gasteiger partial charge on any atom is 0.0168 e. The molecule has 1 atom stereocenters. The molecule has 3 heteroatoms. The van der Waals surface area contributed by atoms with Crippen LogP contribution in [-0.4, -0.2) is 30.6 Å². The standard InChI is InChI=1S/C9H18N2.ClH/c10-9-2-1-5-11(7-9)6-8-3-4-8;/h8-9H,1-7,10H2;1H/t9-;/m1./s1. The third-order valence-electron chi connectivity index (χ3n) is 2.76. The van der Waals surface area contributed by atoms with E-state index in [1.807, 2.05) is 0 Å². The largest absolute Gasteiger partial charge is 0.327 e. The smallest absolute Gasteiger partial charge is 0.0168 e. The van der Waals surface area contributed by atoms with Gasteiger partial charge < -0.3 is 10.6 Å². The molecule has 0 amide bonds. The lowest BCUT2D eigenvalue weighted by Crippen LogP contribution is -2.43. The molecule has 0 aromatic heterocycles. The van der Waals surface area contributed by atoms with Crippen molar-refractivity contribution in [1.82, 2.24) is 4.90 Å². The van der Waals surface area contributed by atoms with Crippen molar-refractivity contribution in [3.63, 3.8) is 0 Å². The average Bonchev–Trinajstić information content (AvgIpc) is 2.71. The Bertz CT molecular complexity index is 134. The van der Waals surface area contributed by atoms with Crippen molar-refractivity contribution in [3.05, 3.63) is 0 Å². The number of nitrogens with two attached hydrogens (primary N) is 1. The van der Waals surface area contributed by atoms with E-state index in [0.717, 1.165) is 12.5 Å². The van der Waals surface area contributed by atoms with Gasteiger partial charge in [-0.15, -0.1) is 12.4 Å². The molecule has 2 fully saturated rings. The molecule has 2 nitrogen and oxygen atoms in total. The molecule has 1 saturated carbocycles. The topological polar surface area (TPSA) is 29.3 Å². The van der Waals surface area contributed by atoms with Crippen LogP contribution >= 0.6 is 12.4 Å². The molecule has 2 N–H and O–H groups in total. The fourth-order valence-corrected chi connectivity index (χ4v) is 1.92. The molecule has 0 aromatic carbocycles. The minimum atomic E-state index is 0. The molecule has 1 saturated heterocycles. The van der Waals surface area contributed by atoms with Crippen LogP contribution in [0.5, 0.6) is 0 Å². The number of hydrogen-bond acceptors (Lipinski definition) is 2. The fourth-order valence-electron chi connectivity index (χ4n) is 1.92. The van der Waals surface area contributed by atoms with Crippen LogP contribution in [0.2, 0.25) is 0 Å². The summed E-state index contributed by atoms with van der Waals surface area (Å²) in [6, 6.07) is 0.461. The predicted octanol–water partition coefficient (Wildman–Crippen LogP) is 1.24. The zero-order valence-electron chi connectivity index (χ0n) is 7.54. The van der Waals surface area contributed by atoms with Crippen LogP contribution in [0.4, 0.5) is 0 Å². The number of hydrogen-bond donors (Lipinski definition) is 1. The lowest BCUT2D eigenvalue weighted by molar-refractivity contribution is 0.201. The third-order valence-corrected chi connectivity index (χ3v) is 2.76.